The molecular formula is C24H32N4O2. The number of aromatic nitrogens is 1. The first-order valence-electron chi connectivity index (χ1n) is 11.0. The lowest BCUT2D eigenvalue weighted by Crippen LogP contribution is -2.58. The number of urea groups is 1. The number of fused-ring (bicyclic) bond motifs is 4. The minimum Gasteiger partial charge on any atom is -0.497 e. The Morgan fingerprint density at radius 3 is 3.00 bits per heavy atom. The number of carbonyl (C=O) groups is 1. The lowest BCUT2D eigenvalue weighted by Gasteiger charge is -2.51. The molecule has 2 bridgehead atoms. The van der Waals surface area contributed by atoms with Gasteiger partial charge in [0.25, 0.3) is 0 Å². The number of hydrogen-bond acceptors (Lipinski definition) is 4. The molecule has 2 amide bonds. The number of pyridine rings is 1. The predicted octanol–water partition coefficient (Wildman–Crippen LogP) is 3.89. The zero-order chi connectivity index (χ0) is 21.1. The van der Waals surface area contributed by atoms with E-state index in [1.54, 1.807) is 7.11 Å². The summed E-state index contributed by atoms with van der Waals surface area (Å²) < 4.78 is 5.47. The van der Waals surface area contributed by atoms with Gasteiger partial charge in [0.15, 0.2) is 0 Å². The molecule has 6 heteroatoms. The van der Waals surface area contributed by atoms with Gasteiger partial charge < -0.3 is 15.4 Å². The van der Waals surface area contributed by atoms with Crippen molar-refractivity contribution in [2.45, 2.75) is 38.3 Å². The van der Waals surface area contributed by atoms with Crippen molar-refractivity contribution in [3.05, 3.63) is 48.7 Å². The Morgan fingerprint density at radius 2 is 2.30 bits per heavy atom. The smallest absolute Gasteiger partial charge is 0.315 e. The van der Waals surface area contributed by atoms with Gasteiger partial charge in [-0.3, -0.25) is 9.88 Å². The standard InChI is InChI=1S/C24H32N4O2/c1-4-10-26-24(29)27-23(22-13-17-9-12-28(22)15-16(17)5-2)19-8-11-25-21-7-6-18(30-3)14-20(19)21/h5-8,11,14,16-17,22-23H,2,4,9-10,12-13,15H2,1,3H3,(H2,26,27,29)/t16-,17-,22-,23+/m0/s1. The average Bonchev–Trinajstić information content (AvgIpc) is 2.80. The number of methoxy groups -OCH3 is 1. The number of nitrogens with zero attached hydrogens (tertiary/aromatic N) is 2. The number of nitrogens with one attached hydrogen (secondary N) is 2. The third-order valence-corrected chi connectivity index (χ3v) is 6.68. The van der Waals surface area contributed by atoms with Crippen molar-refractivity contribution in [2.24, 2.45) is 11.8 Å². The average molecular weight is 409 g/mol. The van der Waals surface area contributed by atoms with E-state index in [0.717, 1.165) is 48.1 Å². The van der Waals surface area contributed by atoms with Gasteiger partial charge in [-0.2, -0.15) is 0 Å². The van der Waals surface area contributed by atoms with Gasteiger partial charge in [-0.05, 0) is 67.5 Å². The van der Waals surface area contributed by atoms with Crippen LogP contribution in [0.2, 0.25) is 0 Å². The van der Waals surface area contributed by atoms with Crippen molar-refractivity contribution < 1.29 is 9.53 Å². The molecule has 3 aliphatic heterocycles. The Balaban J connectivity index is 1.72. The van der Waals surface area contributed by atoms with Crippen LogP contribution in [0.1, 0.15) is 37.8 Å². The van der Waals surface area contributed by atoms with E-state index in [0.29, 0.717) is 18.4 Å². The molecule has 5 rings (SSSR count). The van der Waals surface area contributed by atoms with Crippen molar-refractivity contribution in [1.82, 2.24) is 20.5 Å². The second-order valence-electron chi connectivity index (χ2n) is 8.41. The molecule has 0 radical (unpaired) electrons. The molecule has 1 aromatic carbocycles. The summed E-state index contributed by atoms with van der Waals surface area (Å²) in [6.07, 6.45) is 7.12. The highest BCUT2D eigenvalue weighted by atomic mass is 16.5. The molecular weight excluding hydrogens is 376 g/mol. The zero-order valence-corrected chi connectivity index (χ0v) is 17.9. The molecule has 1 unspecified atom stereocenters. The summed E-state index contributed by atoms with van der Waals surface area (Å²) in [5, 5.41) is 7.31. The summed E-state index contributed by atoms with van der Waals surface area (Å²) in [6.45, 7) is 8.85. The molecule has 0 aliphatic carbocycles. The normalized spacial score (nSPS) is 26.2. The van der Waals surface area contributed by atoms with Gasteiger partial charge in [-0.1, -0.05) is 13.0 Å². The van der Waals surface area contributed by atoms with Crippen molar-refractivity contribution in [3.8, 4) is 5.75 Å². The quantitative estimate of drug-likeness (QED) is 0.682. The van der Waals surface area contributed by atoms with E-state index in [9.17, 15) is 4.79 Å². The van der Waals surface area contributed by atoms with E-state index < -0.39 is 0 Å². The summed E-state index contributed by atoms with van der Waals surface area (Å²) >= 11 is 0. The third kappa shape index (κ3) is 4.01. The van der Waals surface area contributed by atoms with Gasteiger partial charge in [0, 0.05) is 30.7 Å². The van der Waals surface area contributed by atoms with Gasteiger partial charge in [0.05, 0.1) is 18.7 Å². The number of rotatable bonds is 7. The second kappa shape index (κ2) is 9.04. The monoisotopic (exact) mass is 408 g/mol. The fraction of sp³-hybridized carbons (Fsp3) is 0.500. The largest absolute Gasteiger partial charge is 0.497 e. The Kier molecular flexibility index (Phi) is 6.23. The van der Waals surface area contributed by atoms with Crippen molar-refractivity contribution in [2.75, 3.05) is 26.7 Å². The Hall–Kier alpha value is -2.60. The van der Waals surface area contributed by atoms with Crippen LogP contribution < -0.4 is 15.4 Å². The summed E-state index contributed by atoms with van der Waals surface area (Å²) in [5.41, 5.74) is 2.01. The zero-order valence-electron chi connectivity index (χ0n) is 17.9. The van der Waals surface area contributed by atoms with E-state index in [1.807, 2.05) is 30.5 Å². The van der Waals surface area contributed by atoms with Gasteiger partial charge >= 0.3 is 6.03 Å². The van der Waals surface area contributed by atoms with Crippen LogP contribution >= 0.6 is 0 Å². The minimum atomic E-state index is -0.118. The molecule has 160 valence electrons. The highest BCUT2D eigenvalue weighted by Gasteiger charge is 2.43. The van der Waals surface area contributed by atoms with Crippen molar-refractivity contribution in [1.29, 1.82) is 0 Å². The highest BCUT2D eigenvalue weighted by molar-refractivity contribution is 5.85. The van der Waals surface area contributed by atoms with Gasteiger partial charge in [0.1, 0.15) is 5.75 Å². The van der Waals surface area contributed by atoms with Gasteiger partial charge in [-0.15, -0.1) is 6.58 Å². The molecule has 3 saturated heterocycles. The number of amides is 2. The molecule has 2 N–H and O–H groups in total. The maximum absolute atomic E-state index is 12.7. The van der Waals surface area contributed by atoms with Gasteiger partial charge in [-0.25, -0.2) is 4.79 Å². The van der Waals surface area contributed by atoms with Crippen LogP contribution in [0.4, 0.5) is 4.79 Å². The van der Waals surface area contributed by atoms with Crippen LogP contribution in [0.25, 0.3) is 10.9 Å². The lowest BCUT2D eigenvalue weighted by molar-refractivity contribution is 0.00313. The molecule has 5 atom stereocenters. The van der Waals surface area contributed by atoms with E-state index in [-0.39, 0.29) is 18.1 Å². The number of carbonyl (C=O) groups excluding carboxylic acids is 1. The van der Waals surface area contributed by atoms with Crippen LogP contribution in [0.5, 0.6) is 5.75 Å². The first kappa shape index (κ1) is 20.7. The van der Waals surface area contributed by atoms with E-state index in [1.165, 1.54) is 6.42 Å². The Bertz CT molecular complexity index is 915. The maximum atomic E-state index is 12.7. The first-order chi connectivity index (χ1) is 14.6. The summed E-state index contributed by atoms with van der Waals surface area (Å²) in [7, 11) is 1.67. The van der Waals surface area contributed by atoms with Crippen molar-refractivity contribution >= 4 is 16.9 Å². The van der Waals surface area contributed by atoms with Crippen LogP contribution in [0, 0.1) is 11.8 Å². The molecule has 4 heterocycles. The molecule has 1 aromatic heterocycles. The Morgan fingerprint density at radius 1 is 1.43 bits per heavy atom. The van der Waals surface area contributed by atoms with Crippen molar-refractivity contribution in [3.63, 3.8) is 0 Å². The molecule has 2 aromatic rings. The van der Waals surface area contributed by atoms with E-state index in [4.69, 9.17) is 4.74 Å². The number of ether oxygens (including phenoxy) is 1. The fourth-order valence-electron chi connectivity index (χ4n) is 5.08. The molecule has 0 spiro atoms. The third-order valence-electron chi connectivity index (χ3n) is 6.68. The molecule has 6 nitrogen and oxygen atoms in total. The number of hydrogen-bond donors (Lipinski definition) is 2. The van der Waals surface area contributed by atoms with E-state index >= 15 is 0 Å². The predicted molar refractivity (Wildman–Crippen MR) is 120 cm³/mol. The lowest BCUT2D eigenvalue weighted by atomic mass is 9.73. The summed E-state index contributed by atoms with van der Waals surface area (Å²) in [6, 6.07) is 8.00. The number of benzene rings is 1. The summed E-state index contributed by atoms with van der Waals surface area (Å²) in [4.78, 5) is 19.8. The van der Waals surface area contributed by atoms with Crippen LogP contribution in [0.3, 0.4) is 0 Å². The molecule has 0 saturated carbocycles. The van der Waals surface area contributed by atoms with Gasteiger partial charge in [0.2, 0.25) is 0 Å². The molecule has 3 aliphatic rings. The maximum Gasteiger partial charge on any atom is 0.315 e. The Labute approximate surface area is 178 Å². The molecule has 3 fully saturated rings. The van der Waals surface area contributed by atoms with Crippen LogP contribution in [-0.2, 0) is 0 Å². The second-order valence-corrected chi connectivity index (χ2v) is 8.41. The first-order valence-corrected chi connectivity index (χ1v) is 11.0. The minimum absolute atomic E-state index is 0.113. The number of piperidine rings is 3. The van der Waals surface area contributed by atoms with Crippen LogP contribution in [-0.4, -0.2) is 48.7 Å². The van der Waals surface area contributed by atoms with E-state index in [2.05, 4.69) is 40.1 Å². The SMILES string of the molecule is C=C[C@H]1CN2CC[C@H]1C[C@H]2[C@H](NC(=O)NCCC)c1ccnc2ccc(OC)cc12. The highest BCUT2D eigenvalue weighted by Crippen LogP contribution is 2.42. The summed E-state index contributed by atoms with van der Waals surface area (Å²) in [5.74, 6) is 1.96. The molecule has 30 heavy (non-hydrogen) atoms. The fourth-order valence-corrected chi connectivity index (χ4v) is 5.08. The topological polar surface area (TPSA) is 66.5 Å². The van der Waals surface area contributed by atoms with Crippen LogP contribution in [0.15, 0.2) is 43.1 Å².